The molecule has 2 aromatic carbocycles. The highest BCUT2D eigenvalue weighted by Gasteiger charge is 2.23. The standard InChI is InChI=1S/C23H21ClN2O/c1-4-15-21(18-8-5-6-10-19(18)24)22(14(2)27)25-23(15)17-9-7-11-20-16(17)12-13-26(20)3/h5-13,25H,4H2,1-3H3. The van der Waals surface area contributed by atoms with Crippen molar-refractivity contribution in [3.8, 4) is 22.4 Å². The second-order valence-corrected chi connectivity index (χ2v) is 7.19. The monoisotopic (exact) mass is 376 g/mol. The molecule has 3 nitrogen and oxygen atoms in total. The van der Waals surface area contributed by atoms with Gasteiger partial charge >= 0.3 is 0 Å². The third-order valence-corrected chi connectivity index (χ3v) is 5.48. The van der Waals surface area contributed by atoms with Gasteiger partial charge in [0.25, 0.3) is 0 Å². The fraction of sp³-hybridized carbons (Fsp3) is 0.174. The molecule has 0 amide bonds. The normalized spacial score (nSPS) is 11.3. The summed E-state index contributed by atoms with van der Waals surface area (Å²) < 4.78 is 2.11. The number of carbonyl (C=O) groups excluding carboxylic acids is 1. The predicted octanol–water partition coefficient (Wildman–Crippen LogP) is 6.26. The minimum atomic E-state index is 0.00565. The van der Waals surface area contributed by atoms with Gasteiger partial charge in [-0.05, 0) is 30.2 Å². The van der Waals surface area contributed by atoms with Crippen molar-refractivity contribution in [2.24, 2.45) is 7.05 Å². The number of nitrogens with zero attached hydrogens (tertiary/aromatic N) is 1. The number of benzene rings is 2. The number of hydrogen-bond acceptors (Lipinski definition) is 1. The molecule has 0 radical (unpaired) electrons. The molecule has 0 aliphatic carbocycles. The van der Waals surface area contributed by atoms with E-state index in [1.54, 1.807) is 6.92 Å². The van der Waals surface area contributed by atoms with E-state index in [0.717, 1.165) is 45.3 Å². The number of H-pyrrole nitrogens is 1. The summed E-state index contributed by atoms with van der Waals surface area (Å²) >= 11 is 6.49. The molecule has 0 unspecified atom stereocenters. The molecule has 4 rings (SSSR count). The van der Waals surface area contributed by atoms with Crippen LogP contribution >= 0.6 is 11.6 Å². The van der Waals surface area contributed by atoms with Crippen LogP contribution in [0.3, 0.4) is 0 Å². The number of aryl methyl sites for hydroxylation is 1. The van der Waals surface area contributed by atoms with Crippen molar-refractivity contribution in [3.05, 3.63) is 71.0 Å². The summed E-state index contributed by atoms with van der Waals surface area (Å²) in [7, 11) is 2.04. The Morgan fingerprint density at radius 3 is 2.52 bits per heavy atom. The Kier molecular flexibility index (Phi) is 4.40. The molecule has 2 heterocycles. The van der Waals surface area contributed by atoms with Gasteiger partial charge in [-0.2, -0.15) is 0 Å². The number of nitrogens with one attached hydrogen (secondary N) is 1. The van der Waals surface area contributed by atoms with Crippen LogP contribution in [-0.4, -0.2) is 15.3 Å². The smallest absolute Gasteiger partial charge is 0.176 e. The summed E-state index contributed by atoms with van der Waals surface area (Å²) in [5.41, 5.74) is 6.79. The van der Waals surface area contributed by atoms with Crippen LogP contribution in [0.4, 0.5) is 0 Å². The second-order valence-electron chi connectivity index (χ2n) is 6.78. The zero-order valence-electron chi connectivity index (χ0n) is 15.6. The van der Waals surface area contributed by atoms with E-state index in [0.29, 0.717) is 10.7 Å². The van der Waals surface area contributed by atoms with Gasteiger partial charge in [-0.25, -0.2) is 0 Å². The third kappa shape index (κ3) is 2.79. The highest BCUT2D eigenvalue weighted by molar-refractivity contribution is 6.33. The van der Waals surface area contributed by atoms with Gasteiger partial charge in [0.1, 0.15) is 0 Å². The second kappa shape index (κ2) is 6.75. The molecule has 0 spiro atoms. The maximum Gasteiger partial charge on any atom is 0.176 e. The molecular formula is C23H21ClN2O. The van der Waals surface area contributed by atoms with Crippen molar-refractivity contribution in [2.45, 2.75) is 20.3 Å². The molecule has 27 heavy (non-hydrogen) atoms. The minimum Gasteiger partial charge on any atom is -0.351 e. The van der Waals surface area contributed by atoms with E-state index < -0.39 is 0 Å². The molecule has 0 saturated heterocycles. The van der Waals surface area contributed by atoms with E-state index in [9.17, 15) is 4.79 Å². The Hall–Kier alpha value is -2.78. The lowest BCUT2D eigenvalue weighted by atomic mass is 9.94. The molecule has 4 aromatic rings. The zero-order valence-corrected chi connectivity index (χ0v) is 16.4. The van der Waals surface area contributed by atoms with Gasteiger partial charge in [0.2, 0.25) is 0 Å². The van der Waals surface area contributed by atoms with Crippen LogP contribution in [0.5, 0.6) is 0 Å². The zero-order chi connectivity index (χ0) is 19.1. The first-order chi connectivity index (χ1) is 13.0. The topological polar surface area (TPSA) is 37.8 Å². The number of carbonyl (C=O) groups is 1. The fourth-order valence-corrected chi connectivity index (χ4v) is 4.10. The number of aromatic amines is 1. The number of aromatic nitrogens is 2. The molecule has 0 fully saturated rings. The van der Waals surface area contributed by atoms with Crippen molar-refractivity contribution >= 4 is 28.3 Å². The number of rotatable bonds is 4. The Balaban J connectivity index is 2.07. The van der Waals surface area contributed by atoms with Gasteiger partial charge in [0, 0.05) is 52.8 Å². The van der Waals surface area contributed by atoms with E-state index in [2.05, 4.69) is 46.9 Å². The van der Waals surface area contributed by atoms with Gasteiger partial charge < -0.3 is 9.55 Å². The van der Waals surface area contributed by atoms with Crippen molar-refractivity contribution in [3.63, 3.8) is 0 Å². The lowest BCUT2D eigenvalue weighted by Crippen LogP contribution is -1.96. The first-order valence-electron chi connectivity index (χ1n) is 9.08. The quantitative estimate of drug-likeness (QED) is 0.419. The lowest BCUT2D eigenvalue weighted by molar-refractivity contribution is 0.101. The molecule has 0 atom stereocenters. The van der Waals surface area contributed by atoms with Crippen molar-refractivity contribution in [1.29, 1.82) is 0 Å². The Labute approximate surface area is 163 Å². The summed E-state index contributed by atoms with van der Waals surface area (Å²) in [5.74, 6) is 0.00565. The van der Waals surface area contributed by atoms with Gasteiger partial charge in [-0.1, -0.05) is 48.9 Å². The van der Waals surface area contributed by atoms with Crippen LogP contribution in [-0.2, 0) is 13.5 Å². The van der Waals surface area contributed by atoms with Crippen LogP contribution in [0.1, 0.15) is 29.9 Å². The summed E-state index contributed by atoms with van der Waals surface area (Å²) in [5, 5.41) is 1.81. The minimum absolute atomic E-state index is 0.00565. The SMILES string of the molecule is CCc1c(-c2cccc3c2ccn3C)[nH]c(C(C)=O)c1-c1ccccc1Cl. The molecule has 1 N–H and O–H groups in total. The van der Waals surface area contributed by atoms with E-state index in [1.807, 2.05) is 31.3 Å². The average molecular weight is 377 g/mol. The third-order valence-electron chi connectivity index (χ3n) is 5.15. The van der Waals surface area contributed by atoms with Gasteiger partial charge in [-0.15, -0.1) is 0 Å². The van der Waals surface area contributed by atoms with E-state index in [4.69, 9.17) is 11.6 Å². The molecule has 136 valence electrons. The number of Topliss-reactive ketones (excluding diaryl/α,β-unsaturated/α-hetero) is 1. The van der Waals surface area contributed by atoms with Gasteiger partial charge in [-0.3, -0.25) is 4.79 Å². The lowest BCUT2D eigenvalue weighted by Gasteiger charge is -2.09. The highest BCUT2D eigenvalue weighted by atomic mass is 35.5. The van der Waals surface area contributed by atoms with E-state index in [1.165, 1.54) is 0 Å². The first kappa shape index (κ1) is 17.6. The summed E-state index contributed by atoms with van der Waals surface area (Å²) in [6.45, 7) is 3.71. The fourth-order valence-electron chi connectivity index (χ4n) is 3.87. The number of ketones is 1. The van der Waals surface area contributed by atoms with Crippen LogP contribution < -0.4 is 0 Å². The van der Waals surface area contributed by atoms with Gasteiger partial charge in [0.05, 0.1) is 11.4 Å². The van der Waals surface area contributed by atoms with Gasteiger partial charge in [0.15, 0.2) is 5.78 Å². The van der Waals surface area contributed by atoms with Crippen LogP contribution in [0, 0.1) is 0 Å². The first-order valence-corrected chi connectivity index (χ1v) is 9.45. The van der Waals surface area contributed by atoms with Crippen molar-refractivity contribution in [1.82, 2.24) is 9.55 Å². The molecule has 0 bridgehead atoms. The van der Waals surface area contributed by atoms with Crippen LogP contribution in [0.25, 0.3) is 33.3 Å². The Bertz CT molecular complexity index is 1170. The Morgan fingerprint density at radius 2 is 1.81 bits per heavy atom. The largest absolute Gasteiger partial charge is 0.351 e. The summed E-state index contributed by atoms with van der Waals surface area (Å²) in [4.78, 5) is 15.9. The number of halogens is 1. The van der Waals surface area contributed by atoms with Crippen molar-refractivity contribution < 1.29 is 4.79 Å². The maximum atomic E-state index is 12.5. The maximum absolute atomic E-state index is 12.5. The summed E-state index contributed by atoms with van der Waals surface area (Å²) in [6.07, 6.45) is 2.85. The van der Waals surface area contributed by atoms with Crippen molar-refractivity contribution in [2.75, 3.05) is 0 Å². The highest BCUT2D eigenvalue weighted by Crippen LogP contribution is 2.41. The van der Waals surface area contributed by atoms with E-state index >= 15 is 0 Å². The van der Waals surface area contributed by atoms with E-state index in [-0.39, 0.29) is 5.78 Å². The predicted molar refractivity (Wildman–Crippen MR) is 113 cm³/mol. The van der Waals surface area contributed by atoms with Crippen LogP contribution in [0.15, 0.2) is 54.7 Å². The molecule has 2 aromatic heterocycles. The number of fused-ring (bicyclic) bond motifs is 1. The Morgan fingerprint density at radius 1 is 1.07 bits per heavy atom. The molecule has 0 saturated carbocycles. The average Bonchev–Trinajstić information content (AvgIpc) is 3.23. The molecule has 4 heteroatoms. The molecule has 0 aliphatic heterocycles. The summed E-state index contributed by atoms with van der Waals surface area (Å²) in [6, 6.07) is 16.1. The number of hydrogen-bond donors (Lipinski definition) is 1. The molecular weight excluding hydrogens is 356 g/mol. The van der Waals surface area contributed by atoms with Crippen LogP contribution in [0.2, 0.25) is 5.02 Å². The molecule has 0 aliphatic rings.